The maximum atomic E-state index is 12.6. The first-order valence-electron chi connectivity index (χ1n) is 8.20. The number of amides is 1. The van der Waals surface area contributed by atoms with Crippen LogP contribution in [0.25, 0.3) is 22.5 Å². The highest BCUT2D eigenvalue weighted by Crippen LogP contribution is 2.19. The summed E-state index contributed by atoms with van der Waals surface area (Å²) in [5, 5.41) is 3.77. The van der Waals surface area contributed by atoms with E-state index in [0.717, 1.165) is 22.4 Å². The van der Waals surface area contributed by atoms with Gasteiger partial charge in [0, 0.05) is 18.2 Å². The lowest BCUT2D eigenvalue weighted by Crippen LogP contribution is -2.26. The van der Waals surface area contributed by atoms with Gasteiger partial charge in [-0.3, -0.25) is 4.79 Å². The number of carbonyl (C=O) groups excluding carboxylic acids is 1. The van der Waals surface area contributed by atoms with Gasteiger partial charge < -0.3 is 14.4 Å². The number of hydrogen-bond donors (Lipinski definition) is 1. The highest BCUT2D eigenvalue weighted by Gasteiger charge is 2.15. The molecule has 0 saturated carbocycles. The van der Waals surface area contributed by atoms with Crippen LogP contribution in [0, 0.1) is 6.92 Å². The molecule has 0 atom stereocenters. The van der Waals surface area contributed by atoms with E-state index >= 15 is 0 Å². The predicted molar refractivity (Wildman–Crippen MR) is 96.4 cm³/mol. The number of imidazole rings is 1. The van der Waals surface area contributed by atoms with Crippen molar-refractivity contribution < 1.29 is 9.32 Å². The summed E-state index contributed by atoms with van der Waals surface area (Å²) in [7, 11) is 1.75. The number of nitrogens with zero attached hydrogens (tertiary/aromatic N) is 4. The van der Waals surface area contributed by atoms with Crippen molar-refractivity contribution in [1.29, 1.82) is 0 Å². The summed E-state index contributed by atoms with van der Waals surface area (Å²) in [5.74, 6) is 1.68. The maximum absolute atomic E-state index is 12.6. The molecule has 2 heterocycles. The van der Waals surface area contributed by atoms with Crippen molar-refractivity contribution in [2.24, 2.45) is 0 Å². The summed E-state index contributed by atoms with van der Waals surface area (Å²) in [6.07, 6.45) is 0. The van der Waals surface area contributed by atoms with Gasteiger partial charge in [-0.15, -0.1) is 0 Å². The van der Waals surface area contributed by atoms with Crippen molar-refractivity contribution in [1.82, 2.24) is 25.0 Å². The van der Waals surface area contributed by atoms with Crippen LogP contribution in [-0.4, -0.2) is 38.0 Å². The second kappa shape index (κ2) is 6.44. The average Bonchev–Trinajstić information content (AvgIpc) is 3.26. The molecular weight excluding hydrogens is 330 g/mol. The van der Waals surface area contributed by atoms with E-state index in [1.807, 2.05) is 24.3 Å². The molecule has 1 amide bonds. The van der Waals surface area contributed by atoms with Crippen molar-refractivity contribution in [3.8, 4) is 11.5 Å². The molecule has 7 nitrogen and oxygen atoms in total. The molecule has 0 unspecified atom stereocenters. The molecule has 4 aromatic rings. The van der Waals surface area contributed by atoms with Gasteiger partial charge in [0.25, 0.3) is 11.8 Å². The maximum Gasteiger partial charge on any atom is 0.257 e. The number of H-pyrrole nitrogens is 1. The van der Waals surface area contributed by atoms with E-state index in [4.69, 9.17) is 4.52 Å². The van der Waals surface area contributed by atoms with Crippen molar-refractivity contribution in [2.75, 3.05) is 7.05 Å². The number of aromatic amines is 1. The first-order valence-corrected chi connectivity index (χ1v) is 8.20. The van der Waals surface area contributed by atoms with E-state index in [2.05, 4.69) is 20.1 Å². The minimum absolute atomic E-state index is 0.0845. The summed E-state index contributed by atoms with van der Waals surface area (Å²) in [6, 6.07) is 14.9. The Labute approximate surface area is 149 Å². The SMILES string of the molecule is Cc1noc(-c2ccc(C(=O)N(C)Cc3nc4ccccc4[nH]3)cc2)n1. The molecule has 0 radical (unpaired) electrons. The number of benzene rings is 2. The molecule has 0 bridgehead atoms. The minimum Gasteiger partial charge on any atom is -0.340 e. The highest BCUT2D eigenvalue weighted by atomic mass is 16.5. The fourth-order valence-corrected chi connectivity index (χ4v) is 2.77. The fourth-order valence-electron chi connectivity index (χ4n) is 2.77. The zero-order valence-corrected chi connectivity index (χ0v) is 14.4. The molecule has 26 heavy (non-hydrogen) atoms. The molecule has 1 N–H and O–H groups in total. The van der Waals surface area contributed by atoms with Gasteiger partial charge in [0.2, 0.25) is 0 Å². The Balaban J connectivity index is 1.49. The number of aryl methyl sites for hydroxylation is 1. The van der Waals surface area contributed by atoms with Gasteiger partial charge in [-0.25, -0.2) is 4.98 Å². The molecule has 130 valence electrons. The molecule has 0 spiro atoms. The third-order valence-corrected chi connectivity index (χ3v) is 4.08. The normalized spacial score (nSPS) is 11.0. The second-order valence-electron chi connectivity index (χ2n) is 6.09. The fraction of sp³-hybridized carbons (Fsp3) is 0.158. The van der Waals surface area contributed by atoms with Gasteiger partial charge >= 0.3 is 0 Å². The molecule has 0 aliphatic carbocycles. The Hall–Kier alpha value is -3.48. The lowest BCUT2D eigenvalue weighted by molar-refractivity contribution is 0.0782. The summed E-state index contributed by atoms with van der Waals surface area (Å²) in [4.78, 5) is 26.2. The van der Waals surface area contributed by atoms with Crippen LogP contribution in [0.4, 0.5) is 0 Å². The Morgan fingerprint density at radius 3 is 2.58 bits per heavy atom. The van der Waals surface area contributed by atoms with E-state index in [9.17, 15) is 4.79 Å². The van der Waals surface area contributed by atoms with Crippen LogP contribution in [0.2, 0.25) is 0 Å². The van der Waals surface area contributed by atoms with Crippen molar-refractivity contribution in [3.63, 3.8) is 0 Å². The summed E-state index contributed by atoms with van der Waals surface area (Å²) in [5.41, 5.74) is 3.22. The first kappa shape index (κ1) is 16.0. The van der Waals surface area contributed by atoms with Crippen LogP contribution in [0.1, 0.15) is 22.0 Å². The van der Waals surface area contributed by atoms with Gasteiger partial charge in [0.1, 0.15) is 5.82 Å². The van der Waals surface area contributed by atoms with Crippen LogP contribution in [0.5, 0.6) is 0 Å². The average molecular weight is 347 g/mol. The van der Waals surface area contributed by atoms with Crippen LogP contribution >= 0.6 is 0 Å². The predicted octanol–water partition coefficient (Wildman–Crippen LogP) is 3.19. The van der Waals surface area contributed by atoms with Crippen LogP contribution in [0.3, 0.4) is 0 Å². The lowest BCUT2D eigenvalue weighted by atomic mass is 10.1. The van der Waals surface area contributed by atoms with E-state index in [1.54, 1.807) is 43.1 Å². The largest absolute Gasteiger partial charge is 0.340 e. The summed E-state index contributed by atoms with van der Waals surface area (Å²) in [6.45, 7) is 2.16. The number of rotatable bonds is 4. The zero-order valence-electron chi connectivity index (χ0n) is 14.4. The molecule has 4 rings (SSSR count). The van der Waals surface area contributed by atoms with Crippen molar-refractivity contribution in [2.45, 2.75) is 13.5 Å². The number of fused-ring (bicyclic) bond motifs is 1. The Kier molecular flexibility index (Phi) is 3.96. The minimum atomic E-state index is -0.0845. The van der Waals surface area contributed by atoms with Crippen molar-refractivity contribution >= 4 is 16.9 Å². The third kappa shape index (κ3) is 3.06. The van der Waals surface area contributed by atoms with Gasteiger partial charge in [-0.05, 0) is 43.3 Å². The lowest BCUT2D eigenvalue weighted by Gasteiger charge is -2.15. The molecule has 0 aliphatic heterocycles. The van der Waals surface area contributed by atoms with Crippen LogP contribution in [0.15, 0.2) is 53.1 Å². The smallest absolute Gasteiger partial charge is 0.257 e. The number of carbonyl (C=O) groups is 1. The second-order valence-corrected chi connectivity index (χ2v) is 6.09. The molecule has 0 aliphatic rings. The number of aromatic nitrogens is 4. The van der Waals surface area contributed by atoms with E-state index < -0.39 is 0 Å². The molecule has 2 aromatic heterocycles. The van der Waals surface area contributed by atoms with Crippen LogP contribution in [-0.2, 0) is 6.54 Å². The number of para-hydroxylation sites is 2. The standard InChI is InChI=1S/C19H17N5O2/c1-12-20-18(26-23-12)13-7-9-14(10-8-13)19(25)24(2)11-17-21-15-5-3-4-6-16(15)22-17/h3-10H,11H2,1-2H3,(H,21,22). The van der Waals surface area contributed by atoms with Gasteiger partial charge in [0.15, 0.2) is 5.82 Å². The molecule has 7 heteroatoms. The van der Waals surface area contributed by atoms with E-state index in [-0.39, 0.29) is 5.91 Å². The third-order valence-electron chi connectivity index (χ3n) is 4.08. The van der Waals surface area contributed by atoms with E-state index in [1.165, 1.54) is 0 Å². The Morgan fingerprint density at radius 1 is 1.12 bits per heavy atom. The molecular formula is C19H17N5O2. The number of nitrogens with one attached hydrogen (secondary N) is 1. The number of hydrogen-bond acceptors (Lipinski definition) is 5. The van der Waals surface area contributed by atoms with Crippen LogP contribution < -0.4 is 0 Å². The zero-order chi connectivity index (χ0) is 18.1. The topological polar surface area (TPSA) is 87.9 Å². The van der Waals surface area contributed by atoms with Gasteiger partial charge in [0.05, 0.1) is 17.6 Å². The van der Waals surface area contributed by atoms with E-state index in [0.29, 0.717) is 23.8 Å². The summed E-state index contributed by atoms with van der Waals surface area (Å²) >= 11 is 0. The molecule has 2 aromatic carbocycles. The monoisotopic (exact) mass is 347 g/mol. The Bertz CT molecular complexity index is 1030. The molecule has 0 saturated heterocycles. The molecule has 0 fully saturated rings. The first-order chi connectivity index (χ1) is 12.6. The summed E-state index contributed by atoms with van der Waals surface area (Å²) < 4.78 is 5.14. The Morgan fingerprint density at radius 2 is 1.88 bits per heavy atom. The van der Waals surface area contributed by atoms with Gasteiger partial charge in [-0.2, -0.15) is 4.98 Å². The van der Waals surface area contributed by atoms with Gasteiger partial charge in [-0.1, -0.05) is 17.3 Å². The van der Waals surface area contributed by atoms with Crippen molar-refractivity contribution in [3.05, 3.63) is 65.7 Å². The quantitative estimate of drug-likeness (QED) is 0.612. The highest BCUT2D eigenvalue weighted by molar-refractivity contribution is 5.94.